The summed E-state index contributed by atoms with van der Waals surface area (Å²) in [5.74, 6) is -0.0372. The number of fused-ring (bicyclic) bond motifs is 1. The smallest absolute Gasteiger partial charge is 0.268 e. The summed E-state index contributed by atoms with van der Waals surface area (Å²) < 4.78 is 26.7. The van der Waals surface area contributed by atoms with Crippen LogP contribution in [0.4, 0.5) is 0 Å². The number of carbonyl (C=O) groups is 1. The highest BCUT2D eigenvalue weighted by molar-refractivity contribution is 7.88. The van der Waals surface area contributed by atoms with E-state index in [1.54, 1.807) is 29.5 Å². The van der Waals surface area contributed by atoms with Crippen molar-refractivity contribution in [3.63, 3.8) is 0 Å². The molecule has 1 fully saturated rings. The maximum Gasteiger partial charge on any atom is 0.269 e. The van der Waals surface area contributed by atoms with Crippen LogP contribution >= 0.6 is 0 Å². The van der Waals surface area contributed by atoms with Crippen molar-refractivity contribution in [3.8, 4) is 17.5 Å². The minimum absolute atomic E-state index is 0.113. The summed E-state index contributed by atoms with van der Waals surface area (Å²) in [6.07, 6.45) is 9.33. The fraction of sp³-hybridized carbons (Fsp3) is 0.273. The zero-order valence-corrected chi connectivity index (χ0v) is 18.5. The van der Waals surface area contributed by atoms with Gasteiger partial charge in [0.15, 0.2) is 5.82 Å². The van der Waals surface area contributed by atoms with Crippen LogP contribution in [-0.4, -0.2) is 63.9 Å². The van der Waals surface area contributed by atoms with Gasteiger partial charge in [0.1, 0.15) is 11.9 Å². The van der Waals surface area contributed by atoms with Gasteiger partial charge in [0.25, 0.3) is 5.91 Å². The van der Waals surface area contributed by atoms with Crippen LogP contribution in [0.5, 0.6) is 0 Å². The number of aliphatic imine (C=N–C) groups is 1. The lowest BCUT2D eigenvalue weighted by molar-refractivity contribution is -0.113. The first-order valence-corrected chi connectivity index (χ1v) is 12.0. The van der Waals surface area contributed by atoms with Gasteiger partial charge in [0.2, 0.25) is 10.0 Å². The van der Waals surface area contributed by atoms with E-state index in [0.29, 0.717) is 5.82 Å². The van der Waals surface area contributed by atoms with Gasteiger partial charge in [-0.2, -0.15) is 14.7 Å². The topological polar surface area (TPSA) is 134 Å². The highest BCUT2D eigenvalue weighted by atomic mass is 32.2. The van der Waals surface area contributed by atoms with Gasteiger partial charge in [-0.3, -0.25) is 9.78 Å². The number of rotatable bonds is 5. The molecule has 0 N–H and O–H groups in total. The van der Waals surface area contributed by atoms with Crippen LogP contribution < -0.4 is 0 Å². The molecule has 0 spiro atoms. The summed E-state index contributed by atoms with van der Waals surface area (Å²) in [5.41, 5.74) is 1.63. The van der Waals surface area contributed by atoms with Crippen molar-refractivity contribution in [3.05, 3.63) is 54.5 Å². The van der Waals surface area contributed by atoms with Gasteiger partial charge >= 0.3 is 0 Å². The normalized spacial score (nSPS) is 20.0. The van der Waals surface area contributed by atoms with Gasteiger partial charge in [0.05, 0.1) is 24.3 Å². The molecule has 2 aromatic heterocycles. The molecule has 10 nitrogen and oxygen atoms in total. The van der Waals surface area contributed by atoms with Crippen molar-refractivity contribution in [1.82, 2.24) is 24.1 Å². The third kappa shape index (κ3) is 3.73. The Balaban J connectivity index is 1.57. The molecule has 1 atom stereocenters. The Kier molecular flexibility index (Phi) is 4.92. The molecule has 11 heteroatoms. The second-order valence-electron chi connectivity index (χ2n) is 8.24. The number of nitriles is 1. The molecule has 2 aliphatic heterocycles. The van der Waals surface area contributed by atoms with Crippen molar-refractivity contribution in [2.75, 3.05) is 19.3 Å². The quantitative estimate of drug-likeness (QED) is 0.563. The molecule has 166 valence electrons. The summed E-state index contributed by atoms with van der Waals surface area (Å²) in [6, 6.07) is 9.79. The van der Waals surface area contributed by atoms with Crippen molar-refractivity contribution in [1.29, 1.82) is 5.26 Å². The van der Waals surface area contributed by atoms with E-state index in [1.807, 2.05) is 24.3 Å². The van der Waals surface area contributed by atoms with Crippen LogP contribution in [0.15, 0.2) is 53.9 Å². The number of benzene rings is 1. The number of dihydropyridines is 1. The molecule has 0 saturated carbocycles. The average molecular weight is 462 g/mol. The Morgan fingerprint density at radius 1 is 1.27 bits per heavy atom. The van der Waals surface area contributed by atoms with Gasteiger partial charge in [-0.15, -0.1) is 0 Å². The number of carbonyl (C=O) groups excluding carboxylic acids is 1. The first-order chi connectivity index (χ1) is 15.8. The van der Waals surface area contributed by atoms with E-state index >= 15 is 0 Å². The molecule has 2 aliphatic rings. The zero-order chi connectivity index (χ0) is 23.2. The lowest BCUT2D eigenvalue weighted by Crippen LogP contribution is -2.63. The molecule has 4 heterocycles. The molecule has 0 bridgehead atoms. The van der Waals surface area contributed by atoms with Crippen molar-refractivity contribution >= 4 is 33.0 Å². The Bertz CT molecular complexity index is 1460. The number of sulfonamides is 1. The fourth-order valence-corrected chi connectivity index (χ4v) is 5.11. The van der Waals surface area contributed by atoms with E-state index in [2.05, 4.69) is 26.1 Å². The van der Waals surface area contributed by atoms with Crippen LogP contribution in [0.25, 0.3) is 22.3 Å². The van der Waals surface area contributed by atoms with E-state index in [1.165, 1.54) is 10.4 Å². The van der Waals surface area contributed by atoms with Gasteiger partial charge < -0.3 is 0 Å². The molecule has 0 radical (unpaired) electrons. The van der Waals surface area contributed by atoms with Crippen molar-refractivity contribution < 1.29 is 13.2 Å². The number of pyridine rings is 1. The molecule has 0 aliphatic carbocycles. The van der Waals surface area contributed by atoms with Crippen molar-refractivity contribution in [2.45, 2.75) is 17.9 Å². The van der Waals surface area contributed by atoms with Crippen LogP contribution in [0.1, 0.15) is 17.9 Å². The number of hydrogen-bond acceptors (Lipinski definition) is 7. The Morgan fingerprint density at radius 3 is 2.79 bits per heavy atom. The molecule has 1 aromatic carbocycles. The lowest BCUT2D eigenvalue weighted by Gasteiger charge is -2.47. The molecule has 3 aromatic rings. The van der Waals surface area contributed by atoms with Gasteiger partial charge in [-0.25, -0.2) is 23.1 Å². The minimum atomic E-state index is -3.35. The number of hydrogen-bond donors (Lipinski definition) is 0. The van der Waals surface area contributed by atoms with E-state index in [4.69, 9.17) is 0 Å². The molecule has 33 heavy (non-hydrogen) atoms. The van der Waals surface area contributed by atoms with E-state index in [0.717, 1.165) is 28.3 Å². The predicted molar refractivity (Wildman–Crippen MR) is 121 cm³/mol. The van der Waals surface area contributed by atoms with Crippen LogP contribution in [0.3, 0.4) is 0 Å². The molecule has 1 unspecified atom stereocenters. The number of nitrogens with zero attached hydrogens (tertiary/aromatic N) is 7. The summed E-state index contributed by atoms with van der Waals surface area (Å²) in [6.45, 7) is 0.337. The van der Waals surface area contributed by atoms with Crippen LogP contribution in [0, 0.1) is 11.3 Å². The Labute approximate surface area is 189 Å². The molecular formula is C22H19N7O3S. The molecule has 1 amide bonds. The van der Waals surface area contributed by atoms with E-state index < -0.39 is 15.6 Å². The third-order valence-electron chi connectivity index (χ3n) is 5.97. The first-order valence-electron chi connectivity index (χ1n) is 10.2. The summed E-state index contributed by atoms with van der Waals surface area (Å²) in [5, 5.41) is 14.9. The maximum absolute atomic E-state index is 11.9. The predicted octanol–water partition coefficient (Wildman–Crippen LogP) is 1.63. The summed E-state index contributed by atoms with van der Waals surface area (Å²) >= 11 is 0. The molecule has 1 saturated heterocycles. The third-order valence-corrected chi connectivity index (χ3v) is 7.17. The van der Waals surface area contributed by atoms with Gasteiger partial charge in [-0.05, 0) is 23.8 Å². The van der Waals surface area contributed by atoms with E-state index in [9.17, 15) is 18.5 Å². The molecule has 5 rings (SSSR count). The van der Waals surface area contributed by atoms with E-state index in [-0.39, 0.29) is 31.3 Å². The average Bonchev–Trinajstić information content (AvgIpc) is 3.25. The largest absolute Gasteiger partial charge is 0.269 e. The number of aromatic nitrogens is 4. The van der Waals surface area contributed by atoms with Crippen LogP contribution in [-0.2, 0) is 20.4 Å². The maximum atomic E-state index is 11.9. The Hall–Kier alpha value is -3.75. The monoisotopic (exact) mass is 461 g/mol. The summed E-state index contributed by atoms with van der Waals surface area (Å²) in [7, 11) is -3.35. The minimum Gasteiger partial charge on any atom is -0.268 e. The Morgan fingerprint density at radius 2 is 2.09 bits per heavy atom. The standard InChI is InChI=1S/C22H19N7O3S/c1-33(31,32)28-12-22(13-28,6-7-23)29-14-26-21(27-29)18-9-16(15-4-5-20(30)25-11-15)10-19-17(18)3-2-8-24-19/h2-5,8-11,14-15H,6,12-13H2,1H3. The summed E-state index contributed by atoms with van der Waals surface area (Å²) in [4.78, 5) is 24.3. The molecular weight excluding hydrogens is 442 g/mol. The van der Waals surface area contributed by atoms with Gasteiger partial charge in [0, 0.05) is 48.4 Å². The second-order valence-corrected chi connectivity index (χ2v) is 10.2. The van der Waals surface area contributed by atoms with Crippen molar-refractivity contribution in [2.24, 2.45) is 4.99 Å². The lowest BCUT2D eigenvalue weighted by atomic mass is 9.89. The van der Waals surface area contributed by atoms with Crippen LogP contribution in [0.2, 0.25) is 0 Å². The number of amides is 1. The second kappa shape index (κ2) is 7.68. The highest BCUT2D eigenvalue weighted by Crippen LogP contribution is 2.35. The SMILES string of the molecule is CS(=O)(=O)N1CC(CC#N)(n2cnc(-c3cc(C4C=CC(=O)N=C4)cc4ncccc34)n2)C1. The number of allylic oxidation sites excluding steroid dienone is 1. The first kappa shape index (κ1) is 21.1. The van der Waals surface area contributed by atoms with Gasteiger partial charge in [-0.1, -0.05) is 12.1 Å². The highest BCUT2D eigenvalue weighted by Gasteiger charge is 2.49. The zero-order valence-electron chi connectivity index (χ0n) is 17.7. The fourth-order valence-electron chi connectivity index (χ4n) is 4.16.